The summed E-state index contributed by atoms with van der Waals surface area (Å²) in [7, 11) is 0. The minimum Gasteiger partial charge on any atom is -0.370 e. The molecule has 0 aliphatic carbocycles. The molecule has 0 spiro atoms. The number of carbonyl (C=O) groups excluding carboxylic acids is 2. The van der Waals surface area contributed by atoms with Crippen molar-refractivity contribution in [3.05, 3.63) is 34.7 Å². The maximum absolute atomic E-state index is 11.7. The van der Waals surface area contributed by atoms with E-state index < -0.39 is 0 Å². The van der Waals surface area contributed by atoms with Gasteiger partial charge in [0.1, 0.15) is 0 Å². The van der Waals surface area contributed by atoms with E-state index in [2.05, 4.69) is 21.6 Å². The molecule has 2 aliphatic rings. The Kier molecular flexibility index (Phi) is 4.26. The predicted molar refractivity (Wildman–Crippen MR) is 85.2 cm³/mol. The van der Waals surface area contributed by atoms with Gasteiger partial charge in [-0.05, 0) is 42.4 Å². The summed E-state index contributed by atoms with van der Waals surface area (Å²) in [5, 5.41) is 5.37. The molecule has 6 heteroatoms. The van der Waals surface area contributed by atoms with Crippen molar-refractivity contribution in [2.75, 3.05) is 31.1 Å². The number of rotatable bonds is 2. The Labute approximate surface area is 127 Å². The van der Waals surface area contributed by atoms with Crippen LogP contribution in [0.2, 0.25) is 0 Å². The minimum atomic E-state index is -0.308. The van der Waals surface area contributed by atoms with E-state index in [1.807, 2.05) is 18.2 Å². The zero-order valence-electron chi connectivity index (χ0n) is 11.6. The first kappa shape index (κ1) is 14.2. The van der Waals surface area contributed by atoms with Gasteiger partial charge in [0.2, 0.25) is 0 Å². The van der Waals surface area contributed by atoms with Crippen molar-refractivity contribution in [3.8, 4) is 0 Å². The summed E-state index contributed by atoms with van der Waals surface area (Å²) in [6.07, 6.45) is 2.90. The summed E-state index contributed by atoms with van der Waals surface area (Å²) in [6, 6.07) is 8.00. The third-order valence-corrected chi connectivity index (χ3v) is 4.36. The zero-order chi connectivity index (χ0) is 14.7. The average molecular weight is 303 g/mol. The fourth-order valence-corrected chi connectivity index (χ4v) is 3.22. The second kappa shape index (κ2) is 6.32. The van der Waals surface area contributed by atoms with E-state index in [1.165, 1.54) is 0 Å². The van der Waals surface area contributed by atoms with Crippen molar-refractivity contribution in [1.82, 2.24) is 10.6 Å². The lowest BCUT2D eigenvalue weighted by atomic mass is 10.1. The molecule has 0 saturated carbocycles. The first-order valence-corrected chi connectivity index (χ1v) is 7.85. The van der Waals surface area contributed by atoms with Crippen LogP contribution in [-0.4, -0.2) is 37.3 Å². The molecule has 2 aliphatic heterocycles. The Balaban J connectivity index is 1.90. The van der Waals surface area contributed by atoms with Gasteiger partial charge in [-0.1, -0.05) is 18.2 Å². The van der Waals surface area contributed by atoms with Crippen LogP contribution < -0.4 is 15.5 Å². The molecule has 2 heterocycles. The Morgan fingerprint density at radius 3 is 2.81 bits per heavy atom. The zero-order valence-corrected chi connectivity index (χ0v) is 12.4. The highest BCUT2D eigenvalue weighted by molar-refractivity contribution is 8.18. The van der Waals surface area contributed by atoms with E-state index in [9.17, 15) is 9.59 Å². The highest BCUT2D eigenvalue weighted by Gasteiger charge is 2.25. The molecule has 110 valence electrons. The number of hydrogen-bond acceptors (Lipinski definition) is 5. The van der Waals surface area contributed by atoms with Crippen molar-refractivity contribution in [3.63, 3.8) is 0 Å². The third-order valence-electron chi connectivity index (χ3n) is 3.55. The van der Waals surface area contributed by atoms with Crippen LogP contribution in [0.3, 0.4) is 0 Å². The number of para-hydroxylation sites is 1. The Morgan fingerprint density at radius 2 is 2.00 bits per heavy atom. The van der Waals surface area contributed by atoms with Gasteiger partial charge < -0.3 is 10.2 Å². The lowest BCUT2D eigenvalue weighted by Crippen LogP contribution is -2.28. The first-order valence-electron chi connectivity index (χ1n) is 7.03. The van der Waals surface area contributed by atoms with Gasteiger partial charge in [0.15, 0.2) is 0 Å². The number of carbonyl (C=O) groups is 2. The first-order chi connectivity index (χ1) is 10.2. The molecular formula is C15H17N3O2S. The van der Waals surface area contributed by atoms with Crippen LogP contribution in [0.15, 0.2) is 29.2 Å². The number of nitrogens with zero attached hydrogens (tertiary/aromatic N) is 1. The van der Waals surface area contributed by atoms with E-state index in [4.69, 9.17) is 0 Å². The quantitative estimate of drug-likeness (QED) is 0.816. The highest BCUT2D eigenvalue weighted by atomic mass is 32.2. The summed E-state index contributed by atoms with van der Waals surface area (Å²) in [6.45, 7) is 3.93. The standard InChI is InChI=1S/C15H17N3O2S/c19-14-13(21-15(20)17-14)10-11-4-1-2-5-12(11)18-8-3-6-16-7-9-18/h1-2,4-5,10,16H,3,6-9H2,(H,17,19,20)/b13-10-. The third kappa shape index (κ3) is 3.28. The van der Waals surface area contributed by atoms with Crippen molar-refractivity contribution in [2.45, 2.75) is 6.42 Å². The Hall–Kier alpha value is -1.79. The number of thioether (sulfide) groups is 1. The molecule has 3 rings (SSSR count). The van der Waals surface area contributed by atoms with Gasteiger partial charge in [0.05, 0.1) is 4.91 Å². The molecular weight excluding hydrogens is 286 g/mol. The summed E-state index contributed by atoms with van der Waals surface area (Å²) >= 11 is 0.959. The number of benzene rings is 1. The van der Waals surface area contributed by atoms with E-state index in [0.717, 1.165) is 55.6 Å². The molecule has 0 atom stereocenters. The molecule has 5 nitrogen and oxygen atoms in total. The van der Waals surface area contributed by atoms with Crippen LogP contribution in [0.25, 0.3) is 6.08 Å². The maximum Gasteiger partial charge on any atom is 0.290 e. The molecule has 1 aromatic rings. The molecule has 2 amide bonds. The molecule has 1 aromatic carbocycles. The number of anilines is 1. The predicted octanol–water partition coefficient (Wildman–Crippen LogP) is 1.81. The van der Waals surface area contributed by atoms with E-state index >= 15 is 0 Å². The molecule has 2 N–H and O–H groups in total. The van der Waals surface area contributed by atoms with Crippen LogP contribution in [0.4, 0.5) is 10.5 Å². The monoisotopic (exact) mass is 303 g/mol. The second-order valence-electron chi connectivity index (χ2n) is 5.00. The van der Waals surface area contributed by atoms with E-state index in [0.29, 0.717) is 4.91 Å². The summed E-state index contributed by atoms with van der Waals surface area (Å²) < 4.78 is 0. The number of imide groups is 1. The van der Waals surface area contributed by atoms with Gasteiger partial charge in [-0.25, -0.2) is 0 Å². The topological polar surface area (TPSA) is 61.4 Å². The molecule has 2 saturated heterocycles. The summed E-state index contributed by atoms with van der Waals surface area (Å²) in [5.41, 5.74) is 2.09. The highest BCUT2D eigenvalue weighted by Crippen LogP contribution is 2.29. The van der Waals surface area contributed by atoms with Crippen LogP contribution >= 0.6 is 11.8 Å². The summed E-state index contributed by atoms with van der Waals surface area (Å²) in [5.74, 6) is -0.308. The minimum absolute atomic E-state index is 0.303. The van der Waals surface area contributed by atoms with Crippen LogP contribution in [-0.2, 0) is 4.79 Å². The lowest BCUT2D eigenvalue weighted by Gasteiger charge is -2.24. The number of amides is 2. The largest absolute Gasteiger partial charge is 0.370 e. The van der Waals surface area contributed by atoms with Crippen LogP contribution in [0.1, 0.15) is 12.0 Å². The van der Waals surface area contributed by atoms with Gasteiger partial charge >= 0.3 is 0 Å². The molecule has 0 radical (unpaired) electrons. The van der Waals surface area contributed by atoms with Crippen LogP contribution in [0, 0.1) is 0 Å². The van der Waals surface area contributed by atoms with Gasteiger partial charge in [-0.2, -0.15) is 0 Å². The second-order valence-corrected chi connectivity index (χ2v) is 6.02. The van der Waals surface area contributed by atoms with Crippen molar-refractivity contribution in [2.24, 2.45) is 0 Å². The lowest BCUT2D eigenvalue weighted by molar-refractivity contribution is -0.115. The van der Waals surface area contributed by atoms with Crippen molar-refractivity contribution in [1.29, 1.82) is 0 Å². The van der Waals surface area contributed by atoms with Crippen molar-refractivity contribution < 1.29 is 9.59 Å². The molecule has 0 unspecified atom stereocenters. The summed E-state index contributed by atoms with van der Waals surface area (Å²) in [4.78, 5) is 25.7. The normalized spacial score (nSPS) is 21.5. The van der Waals surface area contributed by atoms with Gasteiger partial charge in [0.25, 0.3) is 11.1 Å². The number of hydrogen-bond donors (Lipinski definition) is 2. The average Bonchev–Trinajstić information content (AvgIpc) is 2.70. The van der Waals surface area contributed by atoms with Crippen LogP contribution in [0.5, 0.6) is 0 Å². The molecule has 2 fully saturated rings. The Bertz CT molecular complexity index is 592. The molecule has 0 aromatic heterocycles. The molecule has 0 bridgehead atoms. The van der Waals surface area contributed by atoms with E-state index in [-0.39, 0.29) is 11.1 Å². The fraction of sp³-hybridized carbons (Fsp3) is 0.333. The van der Waals surface area contributed by atoms with Gasteiger partial charge in [0, 0.05) is 25.3 Å². The SMILES string of the molecule is O=C1NC(=O)/C(=C/c2ccccc2N2CCCNCC2)S1. The van der Waals surface area contributed by atoms with Crippen molar-refractivity contribution >= 4 is 34.7 Å². The maximum atomic E-state index is 11.7. The number of nitrogens with one attached hydrogen (secondary N) is 2. The van der Waals surface area contributed by atoms with Gasteiger partial charge in [-0.15, -0.1) is 0 Å². The smallest absolute Gasteiger partial charge is 0.290 e. The molecule has 21 heavy (non-hydrogen) atoms. The Morgan fingerprint density at radius 1 is 1.14 bits per heavy atom. The van der Waals surface area contributed by atoms with Gasteiger partial charge in [-0.3, -0.25) is 14.9 Å². The fourth-order valence-electron chi connectivity index (χ4n) is 2.55. The van der Waals surface area contributed by atoms with E-state index in [1.54, 1.807) is 6.08 Å².